The largest absolute Gasteiger partial charge is 0.391 e. The van der Waals surface area contributed by atoms with Crippen LogP contribution < -0.4 is 0 Å². The van der Waals surface area contributed by atoms with Crippen molar-refractivity contribution in [1.29, 1.82) is 0 Å². The van der Waals surface area contributed by atoms with Gasteiger partial charge in [-0.05, 0) is 36.6 Å². The molecule has 0 aliphatic carbocycles. The first-order valence-electron chi connectivity index (χ1n) is 8.35. The maximum absolute atomic E-state index is 12.8. The third kappa shape index (κ3) is 3.58. The molecule has 23 heavy (non-hydrogen) atoms. The summed E-state index contributed by atoms with van der Waals surface area (Å²) in [6.07, 6.45) is 2.35. The van der Waals surface area contributed by atoms with E-state index in [9.17, 15) is 14.7 Å². The van der Waals surface area contributed by atoms with Crippen LogP contribution in [0.25, 0.3) is 0 Å². The molecule has 2 saturated heterocycles. The number of hydrogen-bond acceptors (Lipinski definition) is 4. The van der Waals surface area contributed by atoms with Crippen LogP contribution in [0.5, 0.6) is 0 Å². The summed E-state index contributed by atoms with van der Waals surface area (Å²) >= 11 is 1.57. The van der Waals surface area contributed by atoms with Crippen molar-refractivity contribution in [3.05, 3.63) is 22.4 Å². The van der Waals surface area contributed by atoms with E-state index in [1.807, 2.05) is 24.4 Å². The normalized spacial score (nSPS) is 28.2. The number of aliphatic hydroxyl groups excluding tert-OH is 1. The molecule has 1 aromatic rings. The predicted molar refractivity (Wildman–Crippen MR) is 89.1 cm³/mol. The lowest BCUT2D eigenvalue weighted by Crippen LogP contribution is -2.53. The van der Waals surface area contributed by atoms with Gasteiger partial charge in [-0.15, -0.1) is 11.3 Å². The molecule has 0 radical (unpaired) electrons. The van der Waals surface area contributed by atoms with E-state index in [0.717, 1.165) is 24.1 Å². The van der Waals surface area contributed by atoms with E-state index in [-0.39, 0.29) is 23.8 Å². The van der Waals surface area contributed by atoms with Gasteiger partial charge in [0.15, 0.2) is 0 Å². The van der Waals surface area contributed by atoms with E-state index in [0.29, 0.717) is 26.1 Å². The molecule has 2 fully saturated rings. The number of hydrogen-bond donors (Lipinski definition) is 1. The molecular formula is C17H24N2O3S. The number of amides is 2. The molecule has 3 atom stereocenters. The minimum Gasteiger partial charge on any atom is -0.391 e. The van der Waals surface area contributed by atoms with Crippen LogP contribution in [-0.2, 0) is 16.0 Å². The molecule has 3 unspecified atom stereocenters. The molecule has 0 bridgehead atoms. The van der Waals surface area contributed by atoms with E-state index < -0.39 is 6.10 Å². The highest BCUT2D eigenvalue weighted by atomic mass is 32.1. The highest BCUT2D eigenvalue weighted by molar-refractivity contribution is 7.10. The molecule has 3 rings (SSSR count). The van der Waals surface area contributed by atoms with Crippen LogP contribution in [0.3, 0.4) is 0 Å². The summed E-state index contributed by atoms with van der Waals surface area (Å²) in [5.41, 5.74) is 0. The van der Waals surface area contributed by atoms with Gasteiger partial charge in [-0.3, -0.25) is 9.59 Å². The smallest absolute Gasteiger partial charge is 0.245 e. The van der Waals surface area contributed by atoms with Gasteiger partial charge in [0, 0.05) is 24.5 Å². The van der Waals surface area contributed by atoms with E-state index in [2.05, 4.69) is 0 Å². The summed E-state index contributed by atoms with van der Waals surface area (Å²) in [5, 5.41) is 12.0. The van der Waals surface area contributed by atoms with Gasteiger partial charge < -0.3 is 14.9 Å². The maximum atomic E-state index is 12.8. The van der Waals surface area contributed by atoms with E-state index >= 15 is 0 Å². The molecule has 5 nitrogen and oxygen atoms in total. The summed E-state index contributed by atoms with van der Waals surface area (Å²) in [6.45, 7) is 3.75. The first-order valence-corrected chi connectivity index (χ1v) is 9.23. The zero-order chi connectivity index (χ0) is 16.4. The number of likely N-dealkylation sites (tertiary alicyclic amines) is 2. The van der Waals surface area contributed by atoms with Crippen molar-refractivity contribution < 1.29 is 14.7 Å². The molecule has 0 saturated carbocycles. The fourth-order valence-corrected chi connectivity index (χ4v) is 4.14. The van der Waals surface area contributed by atoms with Crippen LogP contribution in [-0.4, -0.2) is 58.5 Å². The monoisotopic (exact) mass is 336 g/mol. The maximum Gasteiger partial charge on any atom is 0.245 e. The van der Waals surface area contributed by atoms with Gasteiger partial charge in [-0.25, -0.2) is 0 Å². The summed E-state index contributed by atoms with van der Waals surface area (Å²) in [4.78, 5) is 29.9. The average Bonchev–Trinajstić information content (AvgIpc) is 3.20. The Hall–Kier alpha value is -1.40. The molecule has 2 aliphatic heterocycles. The number of thiophene rings is 1. The standard InChI is InChI=1S/C17H24N2O3S/c1-12-6-8-18(11-15(12)20)17(22)14-5-2-7-19(14)16(21)10-13-4-3-9-23-13/h3-4,9,12,14-15,20H,2,5-8,10-11H2,1H3. The Morgan fingerprint density at radius 3 is 2.87 bits per heavy atom. The van der Waals surface area contributed by atoms with Crippen LogP contribution in [0.15, 0.2) is 17.5 Å². The van der Waals surface area contributed by atoms with Crippen molar-refractivity contribution in [3.8, 4) is 0 Å². The van der Waals surface area contributed by atoms with Gasteiger partial charge in [0.25, 0.3) is 0 Å². The molecule has 1 N–H and O–H groups in total. The van der Waals surface area contributed by atoms with Crippen molar-refractivity contribution in [2.45, 2.75) is 44.8 Å². The minimum absolute atomic E-state index is 0.00739. The van der Waals surface area contributed by atoms with Crippen molar-refractivity contribution >= 4 is 23.2 Å². The second-order valence-electron chi connectivity index (χ2n) is 6.62. The van der Waals surface area contributed by atoms with Gasteiger partial charge in [0.05, 0.1) is 12.5 Å². The SMILES string of the molecule is CC1CCN(C(=O)C2CCCN2C(=O)Cc2cccs2)CC1O. The lowest BCUT2D eigenvalue weighted by Gasteiger charge is -2.37. The second-order valence-corrected chi connectivity index (χ2v) is 7.65. The third-order valence-electron chi connectivity index (χ3n) is 4.99. The highest BCUT2D eigenvalue weighted by Crippen LogP contribution is 2.24. The summed E-state index contributed by atoms with van der Waals surface area (Å²) in [6, 6.07) is 3.55. The quantitative estimate of drug-likeness (QED) is 0.910. The van der Waals surface area contributed by atoms with Gasteiger partial charge in [-0.2, -0.15) is 0 Å². The highest BCUT2D eigenvalue weighted by Gasteiger charge is 2.38. The molecule has 2 aliphatic rings. The molecule has 1 aromatic heterocycles. The summed E-state index contributed by atoms with van der Waals surface area (Å²) in [7, 11) is 0. The molecule has 126 valence electrons. The first kappa shape index (κ1) is 16.5. The third-order valence-corrected chi connectivity index (χ3v) is 5.87. The van der Waals surface area contributed by atoms with Crippen LogP contribution in [0.2, 0.25) is 0 Å². The Morgan fingerprint density at radius 1 is 1.35 bits per heavy atom. The lowest BCUT2D eigenvalue weighted by atomic mass is 9.95. The Balaban J connectivity index is 1.64. The van der Waals surface area contributed by atoms with Gasteiger partial charge in [0.2, 0.25) is 11.8 Å². The van der Waals surface area contributed by atoms with Crippen LogP contribution in [0, 0.1) is 5.92 Å². The molecular weight excluding hydrogens is 312 g/mol. The number of aliphatic hydroxyl groups is 1. The first-order chi connectivity index (χ1) is 11.1. The Morgan fingerprint density at radius 2 is 2.17 bits per heavy atom. The number of nitrogens with zero attached hydrogens (tertiary/aromatic N) is 2. The number of carbonyl (C=O) groups excluding carboxylic acids is 2. The summed E-state index contributed by atoms with van der Waals surface area (Å²) in [5.74, 6) is 0.279. The summed E-state index contributed by atoms with van der Waals surface area (Å²) < 4.78 is 0. The van der Waals surface area contributed by atoms with Gasteiger partial charge >= 0.3 is 0 Å². The molecule has 0 aromatic carbocycles. The van der Waals surface area contributed by atoms with Crippen LogP contribution >= 0.6 is 11.3 Å². The second kappa shape index (κ2) is 7.01. The molecule has 3 heterocycles. The van der Waals surface area contributed by atoms with Crippen molar-refractivity contribution in [3.63, 3.8) is 0 Å². The zero-order valence-corrected chi connectivity index (χ0v) is 14.3. The van der Waals surface area contributed by atoms with Crippen molar-refractivity contribution in [1.82, 2.24) is 9.80 Å². The molecule has 6 heteroatoms. The predicted octanol–water partition coefficient (Wildman–Crippen LogP) is 1.51. The zero-order valence-electron chi connectivity index (χ0n) is 13.5. The van der Waals surface area contributed by atoms with Gasteiger partial charge in [0.1, 0.15) is 6.04 Å². The molecule has 0 spiro atoms. The number of rotatable bonds is 3. The fraction of sp³-hybridized carbons (Fsp3) is 0.647. The number of carbonyl (C=O) groups is 2. The number of piperidine rings is 1. The van der Waals surface area contributed by atoms with Crippen molar-refractivity contribution in [2.24, 2.45) is 5.92 Å². The fourth-order valence-electron chi connectivity index (χ4n) is 3.45. The minimum atomic E-state index is -0.454. The lowest BCUT2D eigenvalue weighted by molar-refractivity contribution is -0.146. The van der Waals surface area contributed by atoms with E-state index in [4.69, 9.17) is 0 Å². The Labute approximate surface area is 140 Å². The van der Waals surface area contributed by atoms with E-state index in [1.165, 1.54) is 0 Å². The number of β-amino-alcohol motifs (C(OH)–C–C–N with tert-alkyl or cyclic N) is 1. The molecule has 2 amide bonds. The van der Waals surface area contributed by atoms with Gasteiger partial charge in [-0.1, -0.05) is 13.0 Å². The van der Waals surface area contributed by atoms with Crippen molar-refractivity contribution in [2.75, 3.05) is 19.6 Å². The Bertz CT molecular complexity index is 560. The van der Waals surface area contributed by atoms with E-state index in [1.54, 1.807) is 21.1 Å². The Kier molecular flexibility index (Phi) is 5.02. The van der Waals surface area contributed by atoms with Crippen LogP contribution in [0.1, 0.15) is 31.1 Å². The topological polar surface area (TPSA) is 60.9 Å². The van der Waals surface area contributed by atoms with Crippen LogP contribution in [0.4, 0.5) is 0 Å². The average molecular weight is 336 g/mol.